The van der Waals surface area contributed by atoms with Crippen LogP contribution >= 0.6 is 0 Å². The lowest BCUT2D eigenvalue weighted by atomic mass is 9.93. The van der Waals surface area contributed by atoms with Crippen molar-refractivity contribution < 1.29 is 5.21 Å². The summed E-state index contributed by atoms with van der Waals surface area (Å²) in [4.78, 5) is 5.04. The average molecular weight is 282 g/mol. The van der Waals surface area contributed by atoms with Gasteiger partial charge >= 0.3 is 0 Å². The maximum Gasteiger partial charge on any atom is 0.156 e. The third-order valence-electron chi connectivity index (χ3n) is 4.90. The monoisotopic (exact) mass is 282 g/mol. The Hall–Kier alpha value is -0.810. The van der Waals surface area contributed by atoms with Crippen LogP contribution in [0, 0.1) is 0 Å². The van der Waals surface area contributed by atoms with Crippen LogP contribution in [0.4, 0.5) is 0 Å². The smallest absolute Gasteiger partial charge is 0.156 e. The molecular formula is C15H30N4O. The number of nitrogens with zero attached hydrogens (tertiary/aromatic N) is 3. The van der Waals surface area contributed by atoms with E-state index in [2.05, 4.69) is 21.9 Å². The Balaban J connectivity index is 1.85. The first-order valence-electron chi connectivity index (χ1n) is 8.21. The summed E-state index contributed by atoms with van der Waals surface area (Å²) in [5.41, 5.74) is 5.86. The van der Waals surface area contributed by atoms with E-state index in [0.717, 1.165) is 45.1 Å². The standard InChI is InChI=1S/C15H30N4O/c1-2-6-14(15(16)17-20)19-11-9-18(10-12-19)13-7-4-3-5-8-13/h13-14,20H,2-12H2,1H3,(H2,16,17). The molecule has 2 aliphatic rings. The van der Waals surface area contributed by atoms with Gasteiger partial charge in [0.1, 0.15) is 0 Å². The van der Waals surface area contributed by atoms with E-state index in [1.54, 1.807) is 0 Å². The molecule has 0 amide bonds. The fourth-order valence-electron chi connectivity index (χ4n) is 3.72. The molecule has 0 aromatic rings. The highest BCUT2D eigenvalue weighted by Crippen LogP contribution is 2.24. The first-order chi connectivity index (χ1) is 9.76. The van der Waals surface area contributed by atoms with Gasteiger partial charge in [-0.1, -0.05) is 37.8 Å². The molecule has 0 bridgehead atoms. The Morgan fingerprint density at radius 1 is 1.20 bits per heavy atom. The van der Waals surface area contributed by atoms with Crippen LogP contribution in [-0.2, 0) is 0 Å². The number of rotatable bonds is 5. The van der Waals surface area contributed by atoms with E-state index in [0.29, 0.717) is 5.84 Å². The lowest BCUT2D eigenvalue weighted by molar-refractivity contribution is 0.0673. The van der Waals surface area contributed by atoms with Crippen LogP contribution in [-0.4, -0.2) is 59.1 Å². The molecule has 1 saturated carbocycles. The molecule has 0 aromatic carbocycles. The molecule has 5 heteroatoms. The van der Waals surface area contributed by atoms with Gasteiger partial charge in [0.15, 0.2) is 5.84 Å². The van der Waals surface area contributed by atoms with Crippen molar-refractivity contribution in [3.8, 4) is 0 Å². The van der Waals surface area contributed by atoms with Gasteiger partial charge in [-0.25, -0.2) is 0 Å². The molecule has 1 heterocycles. The molecule has 1 aliphatic carbocycles. The van der Waals surface area contributed by atoms with Gasteiger partial charge in [-0.15, -0.1) is 0 Å². The number of oxime groups is 1. The van der Waals surface area contributed by atoms with E-state index in [1.807, 2.05) is 0 Å². The summed E-state index contributed by atoms with van der Waals surface area (Å²) < 4.78 is 0. The summed E-state index contributed by atoms with van der Waals surface area (Å²) in [5, 5.41) is 12.2. The third kappa shape index (κ3) is 3.85. The van der Waals surface area contributed by atoms with E-state index < -0.39 is 0 Å². The van der Waals surface area contributed by atoms with E-state index in [9.17, 15) is 0 Å². The first-order valence-corrected chi connectivity index (χ1v) is 8.21. The van der Waals surface area contributed by atoms with E-state index >= 15 is 0 Å². The van der Waals surface area contributed by atoms with Crippen molar-refractivity contribution in [1.82, 2.24) is 9.80 Å². The van der Waals surface area contributed by atoms with Gasteiger partial charge in [0.2, 0.25) is 0 Å². The number of amidine groups is 1. The van der Waals surface area contributed by atoms with E-state index in [1.165, 1.54) is 32.1 Å². The average Bonchev–Trinajstić information content (AvgIpc) is 2.53. The highest BCUT2D eigenvalue weighted by Gasteiger charge is 2.29. The summed E-state index contributed by atoms with van der Waals surface area (Å²) in [6, 6.07) is 0.915. The van der Waals surface area contributed by atoms with Crippen LogP contribution in [0.25, 0.3) is 0 Å². The predicted molar refractivity (Wildman–Crippen MR) is 82.1 cm³/mol. The Morgan fingerprint density at radius 2 is 1.85 bits per heavy atom. The van der Waals surface area contributed by atoms with Gasteiger partial charge in [0.05, 0.1) is 6.04 Å². The minimum absolute atomic E-state index is 0.110. The molecule has 2 fully saturated rings. The minimum Gasteiger partial charge on any atom is -0.409 e. The van der Waals surface area contributed by atoms with Gasteiger partial charge < -0.3 is 10.9 Å². The number of hydrogen-bond donors (Lipinski definition) is 2. The van der Waals surface area contributed by atoms with E-state index in [-0.39, 0.29) is 6.04 Å². The van der Waals surface area contributed by atoms with Crippen molar-refractivity contribution >= 4 is 5.84 Å². The van der Waals surface area contributed by atoms with Gasteiger partial charge in [-0.05, 0) is 19.3 Å². The lowest BCUT2D eigenvalue weighted by Crippen LogP contribution is -2.56. The Morgan fingerprint density at radius 3 is 2.40 bits per heavy atom. The molecule has 20 heavy (non-hydrogen) atoms. The van der Waals surface area contributed by atoms with E-state index in [4.69, 9.17) is 10.9 Å². The highest BCUT2D eigenvalue weighted by atomic mass is 16.4. The van der Waals surface area contributed by atoms with Crippen molar-refractivity contribution in [3.63, 3.8) is 0 Å². The lowest BCUT2D eigenvalue weighted by Gasteiger charge is -2.43. The molecule has 116 valence electrons. The zero-order valence-corrected chi connectivity index (χ0v) is 12.8. The molecule has 3 N–H and O–H groups in total. The molecule has 0 spiro atoms. The third-order valence-corrected chi connectivity index (χ3v) is 4.90. The van der Waals surface area contributed by atoms with Gasteiger partial charge in [0, 0.05) is 32.2 Å². The molecule has 1 aliphatic heterocycles. The Bertz CT molecular complexity index is 307. The molecule has 1 saturated heterocycles. The molecule has 1 atom stereocenters. The van der Waals surface area contributed by atoms with Crippen LogP contribution in [0.2, 0.25) is 0 Å². The summed E-state index contributed by atoms with van der Waals surface area (Å²) in [7, 11) is 0. The van der Waals surface area contributed by atoms with Crippen LogP contribution < -0.4 is 5.73 Å². The van der Waals surface area contributed by atoms with Crippen molar-refractivity contribution in [1.29, 1.82) is 0 Å². The maximum absolute atomic E-state index is 8.94. The first kappa shape index (κ1) is 15.6. The summed E-state index contributed by atoms with van der Waals surface area (Å²) in [6.07, 6.45) is 8.99. The maximum atomic E-state index is 8.94. The number of piperazine rings is 1. The second-order valence-corrected chi connectivity index (χ2v) is 6.19. The zero-order valence-electron chi connectivity index (χ0n) is 12.8. The molecule has 0 aromatic heterocycles. The second kappa shape index (κ2) is 7.84. The fraction of sp³-hybridized carbons (Fsp3) is 0.933. The van der Waals surface area contributed by atoms with Crippen LogP contribution in [0.1, 0.15) is 51.9 Å². The normalized spacial score (nSPS) is 25.8. The largest absolute Gasteiger partial charge is 0.409 e. The fourth-order valence-corrected chi connectivity index (χ4v) is 3.72. The Kier molecular flexibility index (Phi) is 6.10. The topological polar surface area (TPSA) is 65.1 Å². The minimum atomic E-state index is 0.110. The number of nitrogens with two attached hydrogens (primary N) is 1. The highest BCUT2D eigenvalue weighted by molar-refractivity contribution is 5.85. The van der Waals surface area contributed by atoms with Crippen LogP contribution in [0.3, 0.4) is 0 Å². The van der Waals surface area contributed by atoms with Crippen molar-refractivity contribution in [2.75, 3.05) is 26.2 Å². The predicted octanol–water partition coefficient (Wildman–Crippen LogP) is 1.85. The summed E-state index contributed by atoms with van der Waals surface area (Å²) >= 11 is 0. The quantitative estimate of drug-likeness (QED) is 0.349. The van der Waals surface area contributed by atoms with Crippen LogP contribution in [0.5, 0.6) is 0 Å². The van der Waals surface area contributed by atoms with Gasteiger partial charge in [-0.2, -0.15) is 0 Å². The Labute approximate surface area is 122 Å². The second-order valence-electron chi connectivity index (χ2n) is 6.19. The zero-order chi connectivity index (χ0) is 14.4. The van der Waals surface area contributed by atoms with Gasteiger partial charge in [-0.3, -0.25) is 9.80 Å². The molecule has 1 unspecified atom stereocenters. The number of hydrogen-bond acceptors (Lipinski definition) is 4. The molecule has 2 rings (SSSR count). The molecular weight excluding hydrogens is 252 g/mol. The van der Waals surface area contributed by atoms with Crippen LogP contribution in [0.15, 0.2) is 5.16 Å². The summed E-state index contributed by atoms with van der Waals surface area (Å²) in [5.74, 6) is 0.373. The molecule has 0 radical (unpaired) electrons. The van der Waals surface area contributed by atoms with Gasteiger partial charge in [0.25, 0.3) is 0 Å². The van der Waals surface area contributed by atoms with Crippen molar-refractivity contribution in [2.45, 2.75) is 64.0 Å². The molecule has 5 nitrogen and oxygen atoms in total. The summed E-state index contributed by atoms with van der Waals surface area (Å²) in [6.45, 7) is 6.48. The van der Waals surface area contributed by atoms with Crippen molar-refractivity contribution in [3.05, 3.63) is 0 Å². The SMILES string of the molecule is CCCC(C(N)=NO)N1CCN(C2CCCCC2)CC1. The van der Waals surface area contributed by atoms with Crippen molar-refractivity contribution in [2.24, 2.45) is 10.9 Å².